The van der Waals surface area contributed by atoms with Crippen LogP contribution in [0.2, 0.25) is 10.0 Å². The van der Waals surface area contributed by atoms with Crippen LogP contribution in [-0.4, -0.2) is 12.5 Å². The normalized spacial score (nSPS) is 11.2. The SMILES string of the molecule is O=C(CNc1cc(Cl)ccc1Cl)Nc1ccc(C(F)(F)F)cc1. The van der Waals surface area contributed by atoms with Crippen LogP contribution < -0.4 is 10.6 Å². The fraction of sp³-hybridized carbons (Fsp3) is 0.133. The summed E-state index contributed by atoms with van der Waals surface area (Å²) < 4.78 is 37.3. The summed E-state index contributed by atoms with van der Waals surface area (Å²) in [5.74, 6) is -0.430. The average Bonchev–Trinajstić information content (AvgIpc) is 2.48. The third kappa shape index (κ3) is 5.04. The van der Waals surface area contributed by atoms with Crippen molar-refractivity contribution in [3.05, 3.63) is 58.1 Å². The molecule has 0 bridgehead atoms. The van der Waals surface area contributed by atoms with Crippen LogP contribution in [0.15, 0.2) is 42.5 Å². The number of benzene rings is 2. The molecule has 0 saturated heterocycles. The highest BCUT2D eigenvalue weighted by Gasteiger charge is 2.29. The summed E-state index contributed by atoms with van der Waals surface area (Å²) in [4.78, 5) is 11.8. The minimum atomic E-state index is -4.41. The van der Waals surface area contributed by atoms with E-state index in [2.05, 4.69) is 10.6 Å². The van der Waals surface area contributed by atoms with E-state index in [4.69, 9.17) is 23.2 Å². The monoisotopic (exact) mass is 362 g/mol. The fourth-order valence-electron chi connectivity index (χ4n) is 1.76. The molecule has 0 radical (unpaired) electrons. The van der Waals surface area contributed by atoms with Crippen LogP contribution in [0.1, 0.15) is 5.56 Å². The number of alkyl halides is 3. The summed E-state index contributed by atoms with van der Waals surface area (Å²) in [6, 6.07) is 8.93. The van der Waals surface area contributed by atoms with Crippen LogP contribution >= 0.6 is 23.2 Å². The highest BCUT2D eigenvalue weighted by atomic mass is 35.5. The molecule has 0 aliphatic heterocycles. The van der Waals surface area contributed by atoms with Gasteiger partial charge in [-0.1, -0.05) is 23.2 Å². The number of carbonyl (C=O) groups is 1. The van der Waals surface area contributed by atoms with E-state index in [1.165, 1.54) is 12.1 Å². The lowest BCUT2D eigenvalue weighted by atomic mass is 10.2. The highest BCUT2D eigenvalue weighted by Crippen LogP contribution is 2.30. The molecule has 1 amide bonds. The molecule has 0 aliphatic carbocycles. The van der Waals surface area contributed by atoms with Crippen molar-refractivity contribution in [3.63, 3.8) is 0 Å². The molecule has 2 rings (SSSR count). The lowest BCUT2D eigenvalue weighted by molar-refractivity contribution is -0.137. The first-order chi connectivity index (χ1) is 10.8. The van der Waals surface area contributed by atoms with Crippen LogP contribution in [0.5, 0.6) is 0 Å². The number of halogens is 5. The minimum absolute atomic E-state index is 0.110. The molecule has 2 aromatic rings. The predicted octanol–water partition coefficient (Wildman–Crippen LogP) is 5.06. The van der Waals surface area contributed by atoms with Gasteiger partial charge in [0.15, 0.2) is 0 Å². The van der Waals surface area contributed by atoms with Gasteiger partial charge in [-0.2, -0.15) is 13.2 Å². The first-order valence-electron chi connectivity index (χ1n) is 6.42. The summed E-state index contributed by atoms with van der Waals surface area (Å²) in [5.41, 5.74) is -0.0249. The van der Waals surface area contributed by atoms with Gasteiger partial charge in [-0.15, -0.1) is 0 Å². The van der Waals surface area contributed by atoms with Gasteiger partial charge in [-0.25, -0.2) is 0 Å². The Balaban J connectivity index is 1.93. The second-order valence-corrected chi connectivity index (χ2v) is 5.44. The molecule has 3 nitrogen and oxygen atoms in total. The average molecular weight is 363 g/mol. The maximum absolute atomic E-state index is 12.4. The van der Waals surface area contributed by atoms with E-state index < -0.39 is 17.6 Å². The van der Waals surface area contributed by atoms with Crippen LogP contribution in [0.25, 0.3) is 0 Å². The molecule has 8 heteroatoms. The molecule has 0 fully saturated rings. The third-order valence-corrected chi connectivity index (χ3v) is 3.43. The van der Waals surface area contributed by atoms with Gasteiger partial charge in [-0.3, -0.25) is 4.79 Å². The first kappa shape index (κ1) is 17.4. The standard InChI is InChI=1S/C15H11Cl2F3N2O/c16-10-3-6-12(17)13(7-10)21-8-14(23)22-11-4-1-9(2-5-11)15(18,19)20/h1-7,21H,8H2,(H,22,23). The van der Waals surface area contributed by atoms with Crippen molar-refractivity contribution >= 4 is 40.5 Å². The summed E-state index contributed by atoms with van der Waals surface area (Å²) in [5, 5.41) is 6.14. The molecule has 0 aromatic heterocycles. The van der Waals surface area contributed by atoms with Crippen molar-refractivity contribution in [2.45, 2.75) is 6.18 Å². The van der Waals surface area contributed by atoms with Gasteiger partial charge in [0, 0.05) is 10.7 Å². The van der Waals surface area contributed by atoms with Crippen molar-refractivity contribution in [2.24, 2.45) is 0 Å². The lowest BCUT2D eigenvalue weighted by Crippen LogP contribution is -2.22. The fourth-order valence-corrected chi connectivity index (χ4v) is 2.11. The highest BCUT2D eigenvalue weighted by molar-refractivity contribution is 6.35. The number of amides is 1. The summed E-state index contributed by atoms with van der Waals surface area (Å²) in [6.45, 7) is -0.110. The number of hydrogen-bond donors (Lipinski definition) is 2. The maximum Gasteiger partial charge on any atom is 0.416 e. The Morgan fingerprint density at radius 3 is 2.30 bits per heavy atom. The molecule has 0 heterocycles. The Kier molecular flexibility index (Phi) is 5.38. The molecule has 23 heavy (non-hydrogen) atoms. The van der Waals surface area contributed by atoms with Gasteiger partial charge in [0.05, 0.1) is 22.8 Å². The number of anilines is 2. The largest absolute Gasteiger partial charge is 0.416 e. The van der Waals surface area contributed by atoms with Crippen molar-refractivity contribution < 1.29 is 18.0 Å². The van der Waals surface area contributed by atoms with Crippen LogP contribution in [0.4, 0.5) is 24.5 Å². The van der Waals surface area contributed by atoms with E-state index in [9.17, 15) is 18.0 Å². The van der Waals surface area contributed by atoms with Gasteiger partial charge >= 0.3 is 6.18 Å². The van der Waals surface area contributed by atoms with Crippen molar-refractivity contribution in [1.29, 1.82) is 0 Å². The maximum atomic E-state index is 12.4. The minimum Gasteiger partial charge on any atom is -0.375 e. The molecular weight excluding hydrogens is 352 g/mol. The van der Waals surface area contributed by atoms with Gasteiger partial charge in [0.25, 0.3) is 0 Å². The second-order valence-electron chi connectivity index (χ2n) is 4.60. The number of nitrogens with one attached hydrogen (secondary N) is 2. The van der Waals surface area contributed by atoms with E-state index in [1.807, 2.05) is 0 Å². The van der Waals surface area contributed by atoms with Crippen LogP contribution in [0.3, 0.4) is 0 Å². The van der Waals surface area contributed by atoms with Crippen molar-refractivity contribution in [2.75, 3.05) is 17.2 Å². The second kappa shape index (κ2) is 7.10. The zero-order valence-electron chi connectivity index (χ0n) is 11.5. The van der Waals surface area contributed by atoms with Gasteiger partial charge in [0.2, 0.25) is 5.91 Å². The van der Waals surface area contributed by atoms with E-state index in [1.54, 1.807) is 18.2 Å². The molecule has 2 aromatic carbocycles. The Labute approximate surface area is 140 Å². The molecule has 0 spiro atoms. The molecule has 2 N–H and O–H groups in total. The lowest BCUT2D eigenvalue weighted by Gasteiger charge is -2.11. The Bertz CT molecular complexity index is 703. The van der Waals surface area contributed by atoms with Crippen molar-refractivity contribution in [1.82, 2.24) is 0 Å². The molecule has 0 aliphatic rings. The van der Waals surface area contributed by atoms with Crippen molar-refractivity contribution in [3.8, 4) is 0 Å². The molecular formula is C15H11Cl2F3N2O. The molecule has 0 saturated carbocycles. The quantitative estimate of drug-likeness (QED) is 0.797. The van der Waals surface area contributed by atoms with Gasteiger partial charge in [-0.05, 0) is 42.5 Å². The summed E-state index contributed by atoms with van der Waals surface area (Å²) in [7, 11) is 0. The van der Waals surface area contributed by atoms with Crippen LogP contribution in [0, 0.1) is 0 Å². The predicted molar refractivity (Wildman–Crippen MR) is 85.0 cm³/mol. The summed E-state index contributed by atoms with van der Waals surface area (Å²) in [6.07, 6.45) is -4.41. The van der Waals surface area contributed by atoms with E-state index >= 15 is 0 Å². The first-order valence-corrected chi connectivity index (χ1v) is 7.17. The molecule has 122 valence electrons. The Morgan fingerprint density at radius 2 is 1.70 bits per heavy atom. The number of rotatable bonds is 4. The molecule has 0 unspecified atom stereocenters. The van der Waals surface area contributed by atoms with Gasteiger partial charge in [0.1, 0.15) is 0 Å². The summed E-state index contributed by atoms with van der Waals surface area (Å²) >= 11 is 11.8. The van der Waals surface area contributed by atoms with E-state index in [0.29, 0.717) is 15.7 Å². The zero-order chi connectivity index (χ0) is 17.0. The third-order valence-electron chi connectivity index (χ3n) is 2.86. The van der Waals surface area contributed by atoms with Crippen LogP contribution in [-0.2, 0) is 11.0 Å². The van der Waals surface area contributed by atoms with E-state index in [-0.39, 0.29) is 12.2 Å². The Hall–Kier alpha value is -1.92. The number of carbonyl (C=O) groups excluding carboxylic acids is 1. The van der Waals surface area contributed by atoms with E-state index in [0.717, 1.165) is 12.1 Å². The number of hydrogen-bond acceptors (Lipinski definition) is 2. The zero-order valence-corrected chi connectivity index (χ0v) is 13.1. The topological polar surface area (TPSA) is 41.1 Å². The molecule has 0 atom stereocenters. The smallest absolute Gasteiger partial charge is 0.375 e. The van der Waals surface area contributed by atoms with Gasteiger partial charge < -0.3 is 10.6 Å². The Morgan fingerprint density at radius 1 is 1.04 bits per heavy atom.